The Labute approximate surface area is 171 Å². The highest BCUT2D eigenvalue weighted by atomic mass is 19.1. The molecule has 1 saturated heterocycles. The summed E-state index contributed by atoms with van der Waals surface area (Å²) in [6, 6.07) is 15.1. The van der Waals surface area contributed by atoms with Gasteiger partial charge in [-0.15, -0.1) is 0 Å². The monoisotopic (exact) mass is 394 g/mol. The maximum Gasteiger partial charge on any atom is 0.148 e. The van der Waals surface area contributed by atoms with Gasteiger partial charge in [-0.2, -0.15) is 5.10 Å². The van der Waals surface area contributed by atoms with Crippen LogP contribution in [0.15, 0.2) is 54.7 Å². The molecule has 152 valence electrons. The summed E-state index contributed by atoms with van der Waals surface area (Å²) >= 11 is 0. The molecule has 0 amide bonds. The number of para-hydroxylation sites is 1. The van der Waals surface area contributed by atoms with Crippen LogP contribution in [0.5, 0.6) is 5.75 Å². The third kappa shape index (κ3) is 4.18. The highest BCUT2D eigenvalue weighted by molar-refractivity contribution is 5.64. The van der Waals surface area contributed by atoms with Gasteiger partial charge in [0.1, 0.15) is 17.3 Å². The minimum Gasteiger partial charge on any atom is -0.497 e. The third-order valence-electron chi connectivity index (χ3n) is 5.69. The van der Waals surface area contributed by atoms with E-state index in [0.29, 0.717) is 11.7 Å². The summed E-state index contributed by atoms with van der Waals surface area (Å²) in [6.45, 7) is 6.09. The van der Waals surface area contributed by atoms with Crippen molar-refractivity contribution in [1.29, 1.82) is 0 Å². The van der Waals surface area contributed by atoms with E-state index in [4.69, 9.17) is 9.84 Å². The number of likely N-dealkylation sites (N-methyl/N-ethyl adjacent to an activating group) is 1. The summed E-state index contributed by atoms with van der Waals surface area (Å²) < 4.78 is 21.3. The predicted octanol–water partition coefficient (Wildman–Crippen LogP) is 3.82. The van der Waals surface area contributed by atoms with E-state index in [-0.39, 0.29) is 5.82 Å². The molecule has 0 aliphatic carbocycles. The van der Waals surface area contributed by atoms with Gasteiger partial charge in [0.2, 0.25) is 0 Å². The standard InChI is InChI=1S/C23H27FN4O/c1-17-14-27(13-12-26(17)2)15-19-16-28(22-7-5-4-6-21(22)24)25-23(19)18-8-10-20(29-3)11-9-18/h4-11,16-17H,12-15H2,1-3H3. The fraction of sp³-hybridized carbons (Fsp3) is 0.348. The molecule has 3 aromatic rings. The lowest BCUT2D eigenvalue weighted by atomic mass is 10.1. The lowest BCUT2D eigenvalue weighted by molar-refractivity contribution is 0.100. The average molecular weight is 394 g/mol. The smallest absolute Gasteiger partial charge is 0.148 e. The number of nitrogens with zero attached hydrogens (tertiary/aromatic N) is 4. The molecule has 2 heterocycles. The second-order valence-corrected chi connectivity index (χ2v) is 7.69. The van der Waals surface area contributed by atoms with Gasteiger partial charge in [0.15, 0.2) is 0 Å². The van der Waals surface area contributed by atoms with Crippen molar-refractivity contribution in [2.45, 2.75) is 19.5 Å². The van der Waals surface area contributed by atoms with Crippen molar-refractivity contribution in [3.05, 3.63) is 66.1 Å². The zero-order valence-electron chi connectivity index (χ0n) is 17.2. The quantitative estimate of drug-likeness (QED) is 0.659. The van der Waals surface area contributed by atoms with Gasteiger partial charge < -0.3 is 9.64 Å². The lowest BCUT2D eigenvalue weighted by Gasteiger charge is -2.37. The second kappa shape index (κ2) is 8.35. The molecule has 0 spiro atoms. The van der Waals surface area contributed by atoms with Crippen molar-refractivity contribution in [3.8, 4) is 22.7 Å². The first-order valence-electron chi connectivity index (χ1n) is 9.95. The van der Waals surface area contributed by atoms with E-state index in [1.807, 2.05) is 36.5 Å². The molecular formula is C23H27FN4O. The summed E-state index contributed by atoms with van der Waals surface area (Å²) in [5, 5.41) is 4.77. The van der Waals surface area contributed by atoms with Gasteiger partial charge in [-0.25, -0.2) is 9.07 Å². The number of piperazine rings is 1. The minimum atomic E-state index is -0.281. The lowest BCUT2D eigenvalue weighted by Crippen LogP contribution is -2.49. The summed E-state index contributed by atoms with van der Waals surface area (Å²) in [4.78, 5) is 4.82. The van der Waals surface area contributed by atoms with E-state index in [1.165, 1.54) is 6.07 Å². The molecule has 1 atom stereocenters. The van der Waals surface area contributed by atoms with Gasteiger partial charge in [-0.1, -0.05) is 12.1 Å². The van der Waals surface area contributed by atoms with Crippen molar-refractivity contribution < 1.29 is 9.13 Å². The predicted molar refractivity (Wildman–Crippen MR) is 113 cm³/mol. The Balaban J connectivity index is 1.70. The largest absolute Gasteiger partial charge is 0.497 e. The van der Waals surface area contributed by atoms with Crippen molar-refractivity contribution in [3.63, 3.8) is 0 Å². The van der Waals surface area contributed by atoms with Crippen LogP contribution in [-0.4, -0.2) is 59.4 Å². The van der Waals surface area contributed by atoms with Gasteiger partial charge in [0.05, 0.1) is 12.8 Å². The molecule has 2 aromatic carbocycles. The van der Waals surface area contributed by atoms with E-state index in [0.717, 1.165) is 48.7 Å². The third-order valence-corrected chi connectivity index (χ3v) is 5.69. The van der Waals surface area contributed by atoms with Crippen LogP contribution in [0.2, 0.25) is 0 Å². The maximum absolute atomic E-state index is 14.4. The fourth-order valence-corrected chi connectivity index (χ4v) is 3.79. The number of rotatable bonds is 5. The highest BCUT2D eigenvalue weighted by Gasteiger charge is 2.23. The Hall–Kier alpha value is -2.70. The van der Waals surface area contributed by atoms with Crippen LogP contribution in [0, 0.1) is 5.82 Å². The van der Waals surface area contributed by atoms with Gasteiger partial charge in [-0.05, 0) is 50.4 Å². The van der Waals surface area contributed by atoms with Crippen LogP contribution in [0.3, 0.4) is 0 Å². The van der Waals surface area contributed by atoms with E-state index in [9.17, 15) is 4.39 Å². The molecule has 1 fully saturated rings. The summed E-state index contributed by atoms with van der Waals surface area (Å²) in [5.74, 6) is 0.521. The van der Waals surface area contributed by atoms with E-state index >= 15 is 0 Å². The van der Waals surface area contributed by atoms with Gasteiger partial charge in [0, 0.05) is 49.5 Å². The molecule has 6 heteroatoms. The Bertz CT molecular complexity index is 969. The maximum atomic E-state index is 14.4. The molecule has 0 saturated carbocycles. The van der Waals surface area contributed by atoms with Crippen molar-refractivity contribution in [2.75, 3.05) is 33.8 Å². The number of benzene rings is 2. The first-order chi connectivity index (χ1) is 14.0. The van der Waals surface area contributed by atoms with E-state index in [1.54, 1.807) is 23.9 Å². The number of hydrogen-bond donors (Lipinski definition) is 0. The number of methoxy groups -OCH3 is 1. The minimum absolute atomic E-state index is 0.281. The van der Waals surface area contributed by atoms with Crippen molar-refractivity contribution >= 4 is 0 Å². The normalized spacial score (nSPS) is 18.1. The SMILES string of the molecule is COc1ccc(-c2nn(-c3ccccc3F)cc2CN2CCN(C)C(C)C2)cc1. The van der Waals surface area contributed by atoms with Crippen LogP contribution < -0.4 is 4.74 Å². The summed E-state index contributed by atoms with van der Waals surface area (Å²) in [5.41, 5.74) is 3.43. The van der Waals surface area contributed by atoms with Gasteiger partial charge in [-0.3, -0.25) is 4.90 Å². The van der Waals surface area contributed by atoms with Crippen molar-refractivity contribution in [1.82, 2.24) is 19.6 Å². The number of aromatic nitrogens is 2. The first-order valence-corrected chi connectivity index (χ1v) is 9.95. The van der Waals surface area contributed by atoms with Crippen LogP contribution in [0.4, 0.5) is 4.39 Å². The fourth-order valence-electron chi connectivity index (χ4n) is 3.79. The van der Waals surface area contributed by atoms with Gasteiger partial charge in [0.25, 0.3) is 0 Å². The molecule has 5 nitrogen and oxygen atoms in total. The van der Waals surface area contributed by atoms with Crippen LogP contribution in [-0.2, 0) is 6.54 Å². The van der Waals surface area contributed by atoms with Crippen LogP contribution in [0.25, 0.3) is 16.9 Å². The topological polar surface area (TPSA) is 33.5 Å². The molecule has 0 radical (unpaired) electrons. The Morgan fingerprint density at radius 2 is 1.86 bits per heavy atom. The van der Waals surface area contributed by atoms with Crippen LogP contribution in [0.1, 0.15) is 12.5 Å². The molecule has 1 aromatic heterocycles. The average Bonchev–Trinajstić information content (AvgIpc) is 3.14. The molecule has 4 rings (SSSR count). The molecule has 0 N–H and O–H groups in total. The zero-order valence-corrected chi connectivity index (χ0v) is 17.2. The Morgan fingerprint density at radius 3 is 2.55 bits per heavy atom. The molecule has 29 heavy (non-hydrogen) atoms. The first kappa shape index (κ1) is 19.6. The summed E-state index contributed by atoms with van der Waals surface area (Å²) in [6.07, 6.45) is 1.96. The second-order valence-electron chi connectivity index (χ2n) is 7.69. The number of hydrogen-bond acceptors (Lipinski definition) is 4. The number of ether oxygens (including phenoxy) is 1. The van der Waals surface area contributed by atoms with E-state index in [2.05, 4.69) is 23.8 Å². The Morgan fingerprint density at radius 1 is 1.10 bits per heavy atom. The highest BCUT2D eigenvalue weighted by Crippen LogP contribution is 2.28. The number of halogens is 1. The van der Waals surface area contributed by atoms with Gasteiger partial charge >= 0.3 is 0 Å². The molecule has 1 aliphatic rings. The van der Waals surface area contributed by atoms with Crippen LogP contribution >= 0.6 is 0 Å². The Kier molecular flexibility index (Phi) is 5.65. The summed E-state index contributed by atoms with van der Waals surface area (Å²) in [7, 11) is 3.82. The molecule has 1 unspecified atom stereocenters. The molecular weight excluding hydrogens is 367 g/mol. The molecule has 1 aliphatic heterocycles. The zero-order chi connectivity index (χ0) is 20.4. The van der Waals surface area contributed by atoms with E-state index < -0.39 is 0 Å². The van der Waals surface area contributed by atoms with Crippen molar-refractivity contribution in [2.24, 2.45) is 0 Å². The molecule has 0 bridgehead atoms.